The summed E-state index contributed by atoms with van der Waals surface area (Å²) < 4.78 is 0. The largest absolute Gasteiger partial charge is 0.382 e. The molecule has 2 N–H and O–H groups in total. The molecule has 1 saturated heterocycles. The average molecular weight is 460 g/mol. The highest BCUT2D eigenvalue weighted by Crippen LogP contribution is 2.48. The molecule has 5 heteroatoms. The van der Waals surface area contributed by atoms with Crippen LogP contribution in [0.3, 0.4) is 0 Å². The monoisotopic (exact) mass is 459 g/mol. The van der Waals surface area contributed by atoms with Gasteiger partial charge >= 0.3 is 0 Å². The van der Waals surface area contributed by atoms with Crippen LogP contribution in [0.2, 0.25) is 0 Å². The molecule has 5 atom stereocenters. The fraction of sp³-hybridized carbons (Fsp3) is 0.517. The molecule has 0 radical (unpaired) electrons. The maximum absolute atomic E-state index is 14.1. The van der Waals surface area contributed by atoms with Gasteiger partial charge in [-0.25, -0.2) is 0 Å². The first-order valence-corrected chi connectivity index (χ1v) is 13.2. The summed E-state index contributed by atoms with van der Waals surface area (Å²) in [5.74, 6) is 0.468. The Morgan fingerprint density at radius 1 is 1.00 bits per heavy atom. The van der Waals surface area contributed by atoms with Gasteiger partial charge in [0.05, 0.1) is 12.0 Å². The number of nitrogens with one attached hydrogen (secondary N) is 2. The fourth-order valence-corrected chi connectivity index (χ4v) is 6.44. The Morgan fingerprint density at radius 2 is 1.76 bits per heavy atom. The third kappa shape index (κ3) is 4.45. The van der Waals surface area contributed by atoms with E-state index in [1.165, 1.54) is 24.1 Å². The lowest BCUT2D eigenvalue weighted by Crippen LogP contribution is -2.50. The quantitative estimate of drug-likeness (QED) is 0.595. The van der Waals surface area contributed by atoms with Crippen molar-refractivity contribution in [2.24, 2.45) is 11.8 Å². The molecular weight excluding hydrogens is 422 g/mol. The lowest BCUT2D eigenvalue weighted by Gasteiger charge is -2.42. The zero-order valence-electron chi connectivity index (χ0n) is 20.2. The van der Waals surface area contributed by atoms with Crippen LogP contribution < -0.4 is 10.6 Å². The van der Waals surface area contributed by atoms with E-state index in [0.717, 1.165) is 45.1 Å². The minimum atomic E-state index is -0.142. The lowest BCUT2D eigenvalue weighted by atomic mass is 9.80. The van der Waals surface area contributed by atoms with Gasteiger partial charge in [-0.3, -0.25) is 9.59 Å². The van der Waals surface area contributed by atoms with Gasteiger partial charge in [-0.05, 0) is 49.4 Å². The molecule has 1 saturated carbocycles. The van der Waals surface area contributed by atoms with E-state index in [0.29, 0.717) is 17.5 Å². The number of benzene rings is 2. The molecule has 3 aliphatic rings. The number of amides is 2. The van der Waals surface area contributed by atoms with Gasteiger partial charge in [-0.15, -0.1) is 0 Å². The predicted molar refractivity (Wildman–Crippen MR) is 136 cm³/mol. The zero-order valence-corrected chi connectivity index (χ0v) is 20.2. The van der Waals surface area contributed by atoms with Crippen LogP contribution in [0.5, 0.6) is 0 Å². The molecule has 5 rings (SSSR count). The number of carbonyl (C=O) groups excluding carboxylic acids is 2. The molecular formula is C29H37N3O2. The Bertz CT molecular complexity index is 1010. The first-order valence-electron chi connectivity index (χ1n) is 13.2. The molecule has 2 heterocycles. The van der Waals surface area contributed by atoms with Crippen LogP contribution in [0.15, 0.2) is 54.6 Å². The van der Waals surface area contributed by atoms with Crippen molar-refractivity contribution in [1.82, 2.24) is 10.2 Å². The second kappa shape index (κ2) is 10.2. The first-order chi connectivity index (χ1) is 16.7. The van der Waals surface area contributed by atoms with E-state index < -0.39 is 0 Å². The van der Waals surface area contributed by atoms with Crippen molar-refractivity contribution in [3.05, 3.63) is 65.7 Å². The number of para-hydroxylation sites is 1. The summed E-state index contributed by atoms with van der Waals surface area (Å²) >= 11 is 0. The van der Waals surface area contributed by atoms with Crippen LogP contribution in [-0.2, 0) is 4.79 Å². The molecule has 1 aliphatic carbocycles. The number of anilines is 1. The van der Waals surface area contributed by atoms with Crippen molar-refractivity contribution in [1.29, 1.82) is 0 Å². The van der Waals surface area contributed by atoms with Gasteiger partial charge in [-0.2, -0.15) is 0 Å². The summed E-state index contributed by atoms with van der Waals surface area (Å²) in [4.78, 5) is 29.1. The third-order valence-corrected chi connectivity index (χ3v) is 8.17. The SMILES string of the molecule is CCCC[C@@H]1Nc2ccccc2[C@H]2[C@@H]1CCN2C(=O)[C@H]1CCCC[C@H]1NC(=O)c1ccccc1. The zero-order chi connectivity index (χ0) is 23.5. The highest BCUT2D eigenvalue weighted by Gasteiger charge is 2.47. The maximum atomic E-state index is 14.1. The van der Waals surface area contributed by atoms with Crippen molar-refractivity contribution >= 4 is 17.5 Å². The summed E-state index contributed by atoms with van der Waals surface area (Å²) in [6.07, 6.45) is 8.40. The standard InChI is InChI=1S/C29H37N3O2/c1-2-3-15-24-22-18-19-32(27(22)21-13-7-9-16-25(21)30-24)29(34)23-14-8-10-17-26(23)31-28(33)20-11-5-4-6-12-20/h4-7,9,11-13,16,22-24,26-27,30H,2-3,8,10,14-15,17-19H2,1H3,(H,31,33)/t22-,23+,24+,26-,27+/m1/s1. The van der Waals surface area contributed by atoms with E-state index in [-0.39, 0.29) is 29.8 Å². The molecule has 2 aromatic rings. The molecule has 0 unspecified atom stereocenters. The van der Waals surface area contributed by atoms with Crippen LogP contribution in [-0.4, -0.2) is 35.3 Å². The smallest absolute Gasteiger partial charge is 0.251 e. The molecule has 0 bridgehead atoms. The second-order valence-electron chi connectivity index (χ2n) is 10.2. The van der Waals surface area contributed by atoms with Crippen molar-refractivity contribution in [2.75, 3.05) is 11.9 Å². The van der Waals surface area contributed by atoms with E-state index >= 15 is 0 Å². The molecule has 0 spiro atoms. The second-order valence-corrected chi connectivity index (χ2v) is 10.2. The van der Waals surface area contributed by atoms with Crippen molar-refractivity contribution in [2.45, 2.75) is 76.4 Å². The number of hydrogen-bond acceptors (Lipinski definition) is 3. The molecule has 180 valence electrons. The van der Waals surface area contributed by atoms with Crippen LogP contribution in [0.1, 0.15) is 80.3 Å². The molecule has 2 amide bonds. The van der Waals surface area contributed by atoms with Crippen molar-refractivity contribution in [3.8, 4) is 0 Å². The number of carbonyl (C=O) groups is 2. The number of unbranched alkanes of at least 4 members (excludes halogenated alkanes) is 1. The van der Waals surface area contributed by atoms with Gasteiger partial charge in [0, 0.05) is 35.8 Å². The number of rotatable bonds is 6. The summed E-state index contributed by atoms with van der Waals surface area (Å²) in [7, 11) is 0. The Balaban J connectivity index is 1.37. The highest BCUT2D eigenvalue weighted by molar-refractivity contribution is 5.94. The third-order valence-electron chi connectivity index (χ3n) is 8.17. The highest BCUT2D eigenvalue weighted by atomic mass is 16.2. The van der Waals surface area contributed by atoms with Crippen molar-refractivity contribution in [3.63, 3.8) is 0 Å². The molecule has 34 heavy (non-hydrogen) atoms. The van der Waals surface area contributed by atoms with Gasteiger partial charge in [0.2, 0.25) is 5.91 Å². The van der Waals surface area contributed by atoms with Crippen molar-refractivity contribution < 1.29 is 9.59 Å². The number of hydrogen-bond donors (Lipinski definition) is 2. The van der Waals surface area contributed by atoms with Gasteiger partial charge in [0.25, 0.3) is 5.91 Å². The van der Waals surface area contributed by atoms with E-state index in [4.69, 9.17) is 0 Å². The van der Waals surface area contributed by atoms with Crippen LogP contribution in [0, 0.1) is 11.8 Å². The Labute approximate surface area is 203 Å². The predicted octanol–water partition coefficient (Wildman–Crippen LogP) is 5.55. The molecule has 2 aliphatic heterocycles. The van der Waals surface area contributed by atoms with Gasteiger partial charge in [0.15, 0.2) is 0 Å². The van der Waals surface area contributed by atoms with Crippen LogP contribution in [0.25, 0.3) is 0 Å². The van der Waals surface area contributed by atoms with E-state index in [2.05, 4.69) is 46.7 Å². The number of fused-ring (bicyclic) bond motifs is 3. The lowest BCUT2D eigenvalue weighted by molar-refractivity contribution is -0.138. The Hall–Kier alpha value is -2.82. The maximum Gasteiger partial charge on any atom is 0.251 e. The van der Waals surface area contributed by atoms with Gasteiger partial charge in [-0.1, -0.05) is 69.0 Å². The van der Waals surface area contributed by atoms with E-state index in [1.807, 2.05) is 30.3 Å². The van der Waals surface area contributed by atoms with Gasteiger partial charge < -0.3 is 15.5 Å². The summed E-state index contributed by atoms with van der Waals surface area (Å²) in [6, 6.07) is 18.3. The fourth-order valence-electron chi connectivity index (χ4n) is 6.44. The molecule has 0 aromatic heterocycles. The summed E-state index contributed by atoms with van der Waals surface area (Å²) in [6.45, 7) is 3.05. The molecule has 2 fully saturated rings. The first kappa shape index (κ1) is 22.9. The van der Waals surface area contributed by atoms with E-state index in [9.17, 15) is 9.59 Å². The summed E-state index contributed by atoms with van der Waals surface area (Å²) in [5.41, 5.74) is 3.10. The topological polar surface area (TPSA) is 61.4 Å². The number of nitrogens with zero attached hydrogens (tertiary/aromatic N) is 1. The van der Waals surface area contributed by atoms with E-state index in [1.54, 1.807) is 0 Å². The molecule has 5 nitrogen and oxygen atoms in total. The Morgan fingerprint density at radius 3 is 2.59 bits per heavy atom. The van der Waals surface area contributed by atoms with Crippen LogP contribution in [0.4, 0.5) is 5.69 Å². The van der Waals surface area contributed by atoms with Crippen LogP contribution >= 0.6 is 0 Å². The normalized spacial score (nSPS) is 27.9. The summed E-state index contributed by atoms with van der Waals surface area (Å²) in [5, 5.41) is 7.02. The average Bonchev–Trinajstić information content (AvgIpc) is 3.33. The minimum Gasteiger partial charge on any atom is -0.382 e. The minimum absolute atomic E-state index is 0.0727. The van der Waals surface area contributed by atoms with Gasteiger partial charge in [0.1, 0.15) is 0 Å². The number of likely N-dealkylation sites (tertiary alicyclic amines) is 1. The Kier molecular flexibility index (Phi) is 6.89. The molecule has 2 aromatic carbocycles.